The van der Waals surface area contributed by atoms with Crippen molar-refractivity contribution in [2.45, 2.75) is 25.4 Å². The van der Waals surface area contributed by atoms with Crippen LogP contribution in [0.2, 0.25) is 4.34 Å². The zero-order valence-corrected chi connectivity index (χ0v) is 12.5. The lowest BCUT2D eigenvalue weighted by molar-refractivity contribution is 0.184. The molecule has 0 amide bonds. The van der Waals surface area contributed by atoms with Crippen molar-refractivity contribution in [2.75, 3.05) is 33.2 Å². The van der Waals surface area contributed by atoms with Crippen LogP contribution in [0.5, 0.6) is 0 Å². The number of rotatable bonds is 5. The van der Waals surface area contributed by atoms with Gasteiger partial charge in [0.05, 0.1) is 4.34 Å². The first-order valence-corrected chi connectivity index (χ1v) is 7.73. The summed E-state index contributed by atoms with van der Waals surface area (Å²) < 4.78 is 0.878. The highest BCUT2D eigenvalue weighted by molar-refractivity contribution is 7.16. The van der Waals surface area contributed by atoms with Gasteiger partial charge in [-0.1, -0.05) is 11.6 Å². The van der Waals surface area contributed by atoms with Crippen molar-refractivity contribution in [3.63, 3.8) is 0 Å². The molecule has 2 N–H and O–H groups in total. The molecular formula is C13H22ClN3S. The van der Waals surface area contributed by atoms with Crippen LogP contribution in [-0.4, -0.2) is 49.1 Å². The number of nitrogens with zero attached hydrogens (tertiary/aromatic N) is 2. The van der Waals surface area contributed by atoms with Crippen molar-refractivity contribution in [3.05, 3.63) is 21.3 Å². The van der Waals surface area contributed by atoms with Gasteiger partial charge in [0.15, 0.2) is 0 Å². The van der Waals surface area contributed by atoms with E-state index in [1.54, 1.807) is 11.3 Å². The molecule has 1 aromatic heterocycles. The van der Waals surface area contributed by atoms with E-state index in [9.17, 15) is 0 Å². The Kier molecular flexibility index (Phi) is 5.45. The molecule has 0 aliphatic carbocycles. The zero-order valence-electron chi connectivity index (χ0n) is 10.9. The van der Waals surface area contributed by atoms with E-state index in [1.165, 1.54) is 4.88 Å². The standard InChI is InChI=1S/C13H22ClN3S/c1-16(10-12-2-3-13(14)18-12)8-9-17-6-4-11(15)5-7-17/h2-3,11H,4-10,15H2,1H3. The van der Waals surface area contributed by atoms with E-state index >= 15 is 0 Å². The Bertz CT molecular complexity index is 361. The third kappa shape index (κ3) is 4.52. The number of halogens is 1. The second-order valence-corrected chi connectivity index (χ2v) is 6.92. The average Bonchev–Trinajstić information content (AvgIpc) is 2.74. The molecule has 1 aromatic rings. The first kappa shape index (κ1) is 14.3. The van der Waals surface area contributed by atoms with E-state index in [0.29, 0.717) is 6.04 Å². The molecule has 5 heteroatoms. The van der Waals surface area contributed by atoms with Crippen molar-refractivity contribution < 1.29 is 0 Å². The predicted octanol–water partition coefficient (Wildman–Crippen LogP) is 2.26. The summed E-state index contributed by atoms with van der Waals surface area (Å²) in [5.41, 5.74) is 5.91. The lowest BCUT2D eigenvalue weighted by Gasteiger charge is -2.31. The van der Waals surface area contributed by atoms with Crippen LogP contribution in [0.4, 0.5) is 0 Å². The van der Waals surface area contributed by atoms with Gasteiger partial charge >= 0.3 is 0 Å². The minimum absolute atomic E-state index is 0.423. The van der Waals surface area contributed by atoms with E-state index in [-0.39, 0.29) is 0 Å². The van der Waals surface area contributed by atoms with E-state index in [0.717, 1.165) is 49.9 Å². The summed E-state index contributed by atoms with van der Waals surface area (Å²) in [6.45, 7) is 5.54. The second-order valence-electron chi connectivity index (χ2n) is 5.12. The number of likely N-dealkylation sites (tertiary alicyclic amines) is 1. The number of likely N-dealkylation sites (N-methyl/N-ethyl adjacent to an activating group) is 1. The van der Waals surface area contributed by atoms with E-state index in [1.807, 2.05) is 6.07 Å². The molecule has 1 saturated heterocycles. The Morgan fingerprint density at radius 3 is 2.78 bits per heavy atom. The fourth-order valence-electron chi connectivity index (χ4n) is 2.27. The van der Waals surface area contributed by atoms with Crippen LogP contribution in [0.1, 0.15) is 17.7 Å². The van der Waals surface area contributed by atoms with Crippen LogP contribution in [0, 0.1) is 0 Å². The molecule has 0 atom stereocenters. The van der Waals surface area contributed by atoms with Crippen LogP contribution in [-0.2, 0) is 6.54 Å². The normalized spacial score (nSPS) is 18.7. The summed E-state index contributed by atoms with van der Waals surface area (Å²) in [4.78, 5) is 6.21. The lowest BCUT2D eigenvalue weighted by atomic mass is 10.1. The molecule has 18 heavy (non-hydrogen) atoms. The SMILES string of the molecule is CN(CCN1CCC(N)CC1)Cc1ccc(Cl)s1. The van der Waals surface area contributed by atoms with Gasteiger partial charge in [-0.15, -0.1) is 11.3 Å². The molecule has 0 spiro atoms. The number of hydrogen-bond donors (Lipinski definition) is 1. The van der Waals surface area contributed by atoms with Crippen LogP contribution in [0.15, 0.2) is 12.1 Å². The molecule has 102 valence electrons. The van der Waals surface area contributed by atoms with Gasteiger partial charge in [-0.25, -0.2) is 0 Å². The third-order valence-electron chi connectivity index (χ3n) is 3.48. The maximum absolute atomic E-state index is 5.94. The van der Waals surface area contributed by atoms with Gasteiger partial charge < -0.3 is 15.5 Å². The van der Waals surface area contributed by atoms with Crippen molar-refractivity contribution in [1.29, 1.82) is 0 Å². The Balaban J connectivity index is 1.67. The summed E-state index contributed by atoms with van der Waals surface area (Å²) in [6.07, 6.45) is 2.29. The maximum Gasteiger partial charge on any atom is 0.0931 e. The summed E-state index contributed by atoms with van der Waals surface area (Å²) in [7, 11) is 2.17. The smallest absolute Gasteiger partial charge is 0.0931 e. The van der Waals surface area contributed by atoms with Crippen molar-refractivity contribution in [1.82, 2.24) is 9.80 Å². The minimum Gasteiger partial charge on any atom is -0.328 e. The lowest BCUT2D eigenvalue weighted by Crippen LogP contribution is -2.42. The third-order valence-corrected chi connectivity index (χ3v) is 4.70. The van der Waals surface area contributed by atoms with E-state index < -0.39 is 0 Å². The molecule has 0 unspecified atom stereocenters. The maximum atomic E-state index is 5.94. The number of piperidine rings is 1. The predicted molar refractivity (Wildman–Crippen MR) is 79.3 cm³/mol. The molecular weight excluding hydrogens is 266 g/mol. The van der Waals surface area contributed by atoms with Gasteiger partial charge in [0.1, 0.15) is 0 Å². The highest BCUT2D eigenvalue weighted by atomic mass is 35.5. The van der Waals surface area contributed by atoms with Crippen molar-refractivity contribution >= 4 is 22.9 Å². The van der Waals surface area contributed by atoms with Crippen LogP contribution >= 0.6 is 22.9 Å². The summed E-state index contributed by atoms with van der Waals surface area (Å²) >= 11 is 7.61. The number of thiophene rings is 1. The van der Waals surface area contributed by atoms with Gasteiger partial charge in [0.2, 0.25) is 0 Å². The van der Waals surface area contributed by atoms with Gasteiger partial charge in [-0.3, -0.25) is 0 Å². The Hall–Kier alpha value is -0.130. The summed E-state index contributed by atoms with van der Waals surface area (Å²) in [5, 5.41) is 0. The summed E-state index contributed by atoms with van der Waals surface area (Å²) in [6, 6.07) is 4.51. The molecule has 1 fully saturated rings. The molecule has 0 radical (unpaired) electrons. The Labute approximate surface area is 119 Å². The van der Waals surface area contributed by atoms with Crippen molar-refractivity contribution in [3.8, 4) is 0 Å². The van der Waals surface area contributed by atoms with E-state index in [4.69, 9.17) is 17.3 Å². The fourth-order valence-corrected chi connectivity index (χ4v) is 3.44. The first-order chi connectivity index (χ1) is 8.63. The molecule has 2 rings (SSSR count). The number of nitrogens with two attached hydrogens (primary N) is 1. The first-order valence-electron chi connectivity index (χ1n) is 6.54. The Morgan fingerprint density at radius 1 is 1.44 bits per heavy atom. The highest BCUT2D eigenvalue weighted by Crippen LogP contribution is 2.22. The quantitative estimate of drug-likeness (QED) is 0.902. The molecule has 3 nitrogen and oxygen atoms in total. The topological polar surface area (TPSA) is 32.5 Å². The zero-order chi connectivity index (χ0) is 13.0. The molecule has 0 aromatic carbocycles. The summed E-state index contributed by atoms with van der Waals surface area (Å²) in [5.74, 6) is 0. The van der Waals surface area contributed by atoms with Crippen molar-refractivity contribution in [2.24, 2.45) is 5.73 Å². The van der Waals surface area contributed by atoms with Gasteiger partial charge in [-0.05, 0) is 45.1 Å². The Morgan fingerprint density at radius 2 is 2.17 bits per heavy atom. The highest BCUT2D eigenvalue weighted by Gasteiger charge is 2.15. The molecule has 1 aliphatic heterocycles. The van der Waals surface area contributed by atoms with Gasteiger partial charge in [0.25, 0.3) is 0 Å². The van der Waals surface area contributed by atoms with Crippen LogP contribution in [0.25, 0.3) is 0 Å². The molecule has 0 bridgehead atoms. The monoisotopic (exact) mass is 287 g/mol. The van der Waals surface area contributed by atoms with Gasteiger partial charge in [-0.2, -0.15) is 0 Å². The minimum atomic E-state index is 0.423. The largest absolute Gasteiger partial charge is 0.328 e. The molecule has 1 aliphatic rings. The van der Waals surface area contributed by atoms with Crippen LogP contribution in [0.3, 0.4) is 0 Å². The number of hydrogen-bond acceptors (Lipinski definition) is 4. The van der Waals surface area contributed by atoms with Gasteiger partial charge in [0, 0.05) is 30.6 Å². The fraction of sp³-hybridized carbons (Fsp3) is 0.692. The van der Waals surface area contributed by atoms with Crippen LogP contribution < -0.4 is 5.73 Å². The second kappa shape index (κ2) is 6.87. The molecule has 0 saturated carbocycles. The molecule has 2 heterocycles. The van der Waals surface area contributed by atoms with E-state index in [2.05, 4.69) is 22.9 Å². The average molecular weight is 288 g/mol.